The molecule has 1 saturated carbocycles. The average Bonchev–Trinajstić information content (AvgIpc) is 1.74. The van der Waals surface area contributed by atoms with E-state index in [1.165, 1.54) is 14.0 Å². The van der Waals surface area contributed by atoms with Gasteiger partial charge in [0, 0.05) is 109 Å². The summed E-state index contributed by atoms with van der Waals surface area (Å²) in [5, 5.41) is 30.3. The molecule has 0 spiro atoms. The van der Waals surface area contributed by atoms with Crippen LogP contribution in [0.25, 0.3) is 0 Å². The summed E-state index contributed by atoms with van der Waals surface area (Å²) in [4.78, 5) is 138. The number of carbonyl (C=O) groups excluding carboxylic acids is 9. The zero-order chi connectivity index (χ0) is 65.5. The highest BCUT2D eigenvalue weighted by molar-refractivity contribution is 5.97. The number of nitrogens with one attached hydrogen (secondary N) is 4. The van der Waals surface area contributed by atoms with Crippen LogP contribution in [-0.2, 0) is 63.8 Å². The highest BCUT2D eigenvalue weighted by Gasteiger charge is 2.49. The summed E-state index contributed by atoms with van der Waals surface area (Å²) in [7, 11) is 6.91. The number of amides is 7. The van der Waals surface area contributed by atoms with Crippen molar-refractivity contribution in [2.45, 2.75) is 194 Å². The van der Waals surface area contributed by atoms with Crippen LogP contribution in [0.2, 0.25) is 0 Å². The zero-order valence-electron chi connectivity index (χ0n) is 54.5. The Morgan fingerprint density at radius 1 is 0.807 bits per heavy atom. The number of benzene rings is 1. The van der Waals surface area contributed by atoms with Gasteiger partial charge in [0.1, 0.15) is 5.78 Å². The average molecular weight is 1240 g/mol. The number of Topliss-reactive ketones (excluding diaryl/α,β-unsaturated/α-hetero) is 3. The molecule has 23 heteroatoms. The number of carboxylic acids is 1. The van der Waals surface area contributed by atoms with Crippen molar-refractivity contribution in [2.24, 2.45) is 59.0 Å². The summed E-state index contributed by atoms with van der Waals surface area (Å²) in [6.07, 6.45) is 4.52. The highest BCUT2D eigenvalue weighted by Crippen LogP contribution is 2.43. The lowest BCUT2D eigenvalue weighted by Crippen LogP contribution is -2.54. The van der Waals surface area contributed by atoms with Crippen LogP contribution in [-0.4, -0.2) is 194 Å². The van der Waals surface area contributed by atoms with E-state index in [0.29, 0.717) is 49.9 Å². The molecule has 2 aliphatic heterocycles. The lowest BCUT2D eigenvalue weighted by molar-refractivity contribution is -0.149. The second kappa shape index (κ2) is 36.7. The van der Waals surface area contributed by atoms with Gasteiger partial charge in [-0.15, -0.1) is 0 Å². The van der Waals surface area contributed by atoms with Gasteiger partial charge in [0.05, 0.1) is 61.9 Å². The molecule has 3 fully saturated rings. The van der Waals surface area contributed by atoms with Crippen molar-refractivity contribution in [1.82, 2.24) is 30.7 Å². The van der Waals surface area contributed by atoms with E-state index in [1.807, 2.05) is 27.8 Å². The number of anilines is 1. The number of hydrogen-bond donors (Lipinski definition) is 7. The Labute approximate surface area is 521 Å². The summed E-state index contributed by atoms with van der Waals surface area (Å²) >= 11 is 0. The number of nitrogens with two attached hydrogens (primary N) is 1. The largest absolute Gasteiger partial charge is 0.481 e. The van der Waals surface area contributed by atoms with Crippen LogP contribution in [0.3, 0.4) is 0 Å². The number of methoxy groups -OCH3 is 2. The Morgan fingerprint density at radius 3 is 2.08 bits per heavy atom. The normalized spacial score (nSPS) is 20.9. The van der Waals surface area contributed by atoms with Gasteiger partial charge in [-0.2, -0.15) is 0 Å². The quantitative estimate of drug-likeness (QED) is 0.0416. The fourth-order valence-corrected chi connectivity index (χ4v) is 13.3. The predicted octanol–water partition coefficient (Wildman–Crippen LogP) is 5.17. The van der Waals surface area contributed by atoms with Crippen molar-refractivity contribution in [3.8, 4) is 0 Å². The van der Waals surface area contributed by atoms with E-state index >= 15 is 0 Å². The molecule has 23 nitrogen and oxygen atoms in total. The molecule has 0 aromatic heterocycles. The van der Waals surface area contributed by atoms with E-state index in [9.17, 15) is 53.1 Å². The summed E-state index contributed by atoms with van der Waals surface area (Å²) in [5.74, 6) is -6.52. The highest BCUT2D eigenvalue weighted by atomic mass is 16.5. The fraction of sp³-hybridized carbons (Fsp3) is 0.754. The first-order chi connectivity index (χ1) is 41.7. The molecule has 1 aliphatic carbocycles. The third-order valence-corrected chi connectivity index (χ3v) is 18.8. The Hall–Kier alpha value is -5.88. The fourth-order valence-electron chi connectivity index (χ4n) is 13.3. The van der Waals surface area contributed by atoms with Gasteiger partial charge >= 0.3 is 12.0 Å². The molecular weight excluding hydrogens is 1130 g/mol. The number of carbonyl (C=O) groups is 10. The van der Waals surface area contributed by atoms with Crippen molar-refractivity contribution in [3.05, 3.63) is 29.8 Å². The number of fused-ring (bicyclic) bond motifs is 2. The van der Waals surface area contributed by atoms with E-state index in [-0.39, 0.29) is 131 Å². The number of hydrogen-bond acceptors (Lipinski definition) is 15. The molecule has 1 unspecified atom stereocenters. The minimum atomic E-state index is -1.08. The molecule has 1 aromatic rings. The minimum Gasteiger partial charge on any atom is -0.481 e. The summed E-state index contributed by atoms with van der Waals surface area (Å²) in [6.45, 7) is 15.4. The summed E-state index contributed by atoms with van der Waals surface area (Å²) in [6, 6.07) is 4.70. The van der Waals surface area contributed by atoms with Gasteiger partial charge in [0.15, 0.2) is 11.6 Å². The molecular formula is C65H106N8O15. The molecule has 496 valence electrons. The summed E-state index contributed by atoms with van der Waals surface area (Å²) < 4.78 is 17.6. The number of ether oxygens (including phenoxy) is 3. The first-order valence-corrected chi connectivity index (χ1v) is 32.0. The number of aliphatic hydroxyl groups excluding tert-OH is 1. The Kier molecular flexibility index (Phi) is 31.1. The van der Waals surface area contributed by atoms with E-state index in [2.05, 4.69) is 33.1 Å². The Bertz CT molecular complexity index is 2480. The first-order valence-electron chi connectivity index (χ1n) is 32.0. The zero-order valence-corrected chi connectivity index (χ0v) is 54.5. The van der Waals surface area contributed by atoms with Crippen LogP contribution in [0.4, 0.5) is 10.5 Å². The van der Waals surface area contributed by atoms with Crippen LogP contribution >= 0.6 is 0 Å². The molecule has 7 amide bonds. The van der Waals surface area contributed by atoms with Crippen LogP contribution in [0.15, 0.2) is 24.3 Å². The third kappa shape index (κ3) is 22.0. The third-order valence-electron chi connectivity index (χ3n) is 18.8. The van der Waals surface area contributed by atoms with Gasteiger partial charge < -0.3 is 61.2 Å². The van der Waals surface area contributed by atoms with Gasteiger partial charge in [-0.3, -0.25) is 48.1 Å². The molecule has 2 saturated heterocycles. The topological polar surface area (TPSA) is 323 Å². The van der Waals surface area contributed by atoms with Crippen LogP contribution < -0.4 is 27.0 Å². The Balaban J connectivity index is 1.35. The van der Waals surface area contributed by atoms with Crippen molar-refractivity contribution in [1.29, 1.82) is 0 Å². The minimum absolute atomic E-state index is 0.00195. The molecule has 14 atom stereocenters. The van der Waals surface area contributed by atoms with Gasteiger partial charge in [0.2, 0.25) is 29.5 Å². The number of rotatable bonds is 41. The first kappa shape index (κ1) is 74.6. The lowest BCUT2D eigenvalue weighted by Gasteiger charge is -2.41. The monoisotopic (exact) mass is 1240 g/mol. The molecule has 4 rings (SSSR count). The smallest absolute Gasteiger partial charge is 0.312 e. The number of urea groups is 1. The van der Waals surface area contributed by atoms with Crippen LogP contribution in [0.1, 0.15) is 151 Å². The number of carboxylic acid groups (broad SMARTS) is 1. The molecule has 1 aromatic carbocycles. The number of nitrogens with zero attached hydrogens (tertiary/aromatic N) is 3. The van der Waals surface area contributed by atoms with Gasteiger partial charge in [0.25, 0.3) is 0 Å². The Morgan fingerprint density at radius 2 is 1.50 bits per heavy atom. The van der Waals surface area contributed by atoms with E-state index in [0.717, 1.165) is 31.2 Å². The number of ketones is 3. The second-order valence-electron chi connectivity index (χ2n) is 25.8. The van der Waals surface area contributed by atoms with E-state index in [1.54, 1.807) is 69.0 Å². The van der Waals surface area contributed by atoms with Gasteiger partial charge in [-0.1, -0.05) is 73.9 Å². The van der Waals surface area contributed by atoms with Gasteiger partial charge in [-0.05, 0) is 106 Å². The molecule has 2 bridgehead atoms. The molecule has 3 aliphatic rings. The number of aliphatic hydroxyl groups is 1. The van der Waals surface area contributed by atoms with Crippen molar-refractivity contribution >= 4 is 64.6 Å². The number of piperidine rings is 1. The molecule has 8 N–H and O–H groups in total. The molecule has 2 heterocycles. The maximum absolute atomic E-state index is 14.6. The van der Waals surface area contributed by atoms with Crippen molar-refractivity contribution in [3.63, 3.8) is 0 Å². The number of likely N-dealkylation sites (tertiary alicyclic amines) is 2. The van der Waals surface area contributed by atoms with E-state index < -0.39 is 89.6 Å². The molecule has 88 heavy (non-hydrogen) atoms. The standard InChI is InChI=1S/C65H106N8O15/c1-13-40(6)59(72(10)63(82)49(38(2)3)35-53(77)60-45-20-23-48(33-45)71(60)9)54(86-11)36-57(80)73-27-15-17-50(73)61(87-12)42(8)51(75)32-44(37-74)31-43-18-21-47(22-19-43)69-62(81)46(16-14-25-68-65(66)85)34-52(76)58(39(4)5)70-55(78)24-28-88-29-26-67-56(79)30-41(7)64(83)84/h18-19,21-22,38-42,44-46,48-50,54,58-61,74H,13-17,20,23-37H2,1-12H3,(H,67,79)(H,69,81)(H,70,78)(H,83,84)(H3,66,68,85)/t40-,41?,42-,44+,45-,46+,48-,49-,50-,54+,58-,59-,60-,61+/m0/s1. The maximum atomic E-state index is 14.6. The molecule has 0 radical (unpaired) electrons. The number of likely N-dealkylation sites (N-methyl/N-ethyl adjacent to an activating group) is 2. The number of aliphatic carboxylic acids is 1. The van der Waals surface area contributed by atoms with Crippen LogP contribution in [0, 0.1) is 53.3 Å². The van der Waals surface area contributed by atoms with Crippen molar-refractivity contribution < 1.29 is 72.4 Å². The summed E-state index contributed by atoms with van der Waals surface area (Å²) in [5.41, 5.74) is 6.48. The maximum Gasteiger partial charge on any atom is 0.312 e. The van der Waals surface area contributed by atoms with E-state index in [4.69, 9.17) is 25.1 Å². The SMILES string of the molecule is CC[C@H](C)[C@@H]([C@@H](CC(=O)N1CCC[C@H]1[C@H](OC)[C@@H](C)C(=O)C[C@H](CO)Cc1ccc(NC(=O)[C@H](CCCNC(N)=O)CC(=O)[C@@H](NC(=O)CCOCCNC(=O)CC(C)C(=O)O)C(C)C)cc1)OC)N(C)C(=O)[C@@H](CC(=O)[C@@H]1[C@H]2CC[C@@H](C2)N1C)C(C)C. The second-order valence-corrected chi connectivity index (χ2v) is 25.8. The van der Waals surface area contributed by atoms with Crippen molar-refractivity contribution in [2.75, 3.05) is 73.1 Å². The van der Waals surface area contributed by atoms with Gasteiger partial charge in [-0.25, -0.2) is 4.79 Å². The lowest BCUT2D eigenvalue weighted by atomic mass is 9.83. The number of primary amides is 1. The van der Waals surface area contributed by atoms with Crippen LogP contribution in [0.5, 0.6) is 0 Å². The predicted molar refractivity (Wildman–Crippen MR) is 332 cm³/mol.